The Morgan fingerprint density at radius 3 is 2.44 bits per heavy atom. The second-order valence-electron chi connectivity index (χ2n) is 5.47. The van der Waals surface area contributed by atoms with Crippen LogP contribution in [0.2, 0.25) is 5.02 Å². The van der Waals surface area contributed by atoms with Crippen molar-refractivity contribution >= 4 is 33.2 Å². The molecule has 0 radical (unpaired) electrons. The minimum Gasteiger partial charge on any atom is -0.495 e. The third kappa shape index (κ3) is 4.72. The van der Waals surface area contributed by atoms with E-state index in [1.165, 1.54) is 38.4 Å². The van der Waals surface area contributed by atoms with Gasteiger partial charge in [-0.25, -0.2) is 8.42 Å². The van der Waals surface area contributed by atoms with Gasteiger partial charge in [-0.3, -0.25) is 4.79 Å². The Balaban J connectivity index is 2.12. The van der Waals surface area contributed by atoms with Crippen LogP contribution >= 0.6 is 11.6 Å². The van der Waals surface area contributed by atoms with Gasteiger partial charge in [0.1, 0.15) is 5.75 Å². The number of halogens is 1. The number of hydrogen-bond donors (Lipinski definition) is 1. The molecule has 2 aromatic rings. The van der Waals surface area contributed by atoms with E-state index in [9.17, 15) is 13.2 Å². The van der Waals surface area contributed by atoms with Crippen molar-refractivity contribution in [3.8, 4) is 5.75 Å². The van der Waals surface area contributed by atoms with E-state index in [1.807, 2.05) is 13.0 Å². The molecule has 0 saturated heterocycles. The molecular formula is C17H19ClN2O4S. The molecule has 2 rings (SSSR count). The minimum absolute atomic E-state index is 0.0698. The molecule has 0 saturated carbocycles. The summed E-state index contributed by atoms with van der Waals surface area (Å²) in [6.45, 7) is 1.55. The molecule has 0 aliphatic rings. The number of sulfonamides is 1. The fourth-order valence-corrected chi connectivity index (χ4v) is 3.44. The predicted octanol–water partition coefficient (Wildman–Crippen LogP) is 2.92. The lowest BCUT2D eigenvalue weighted by atomic mass is 10.2. The van der Waals surface area contributed by atoms with Crippen LogP contribution in [-0.4, -0.2) is 39.3 Å². The van der Waals surface area contributed by atoms with E-state index in [-0.39, 0.29) is 11.4 Å². The number of ether oxygens (including phenoxy) is 1. The summed E-state index contributed by atoms with van der Waals surface area (Å²) >= 11 is 5.77. The number of hydrogen-bond acceptors (Lipinski definition) is 4. The van der Waals surface area contributed by atoms with Gasteiger partial charge in [-0.2, -0.15) is 4.31 Å². The number of nitrogens with zero attached hydrogens (tertiary/aromatic N) is 1. The second kappa shape index (κ2) is 7.86. The molecule has 2 aromatic carbocycles. The van der Waals surface area contributed by atoms with Crippen molar-refractivity contribution in [3.63, 3.8) is 0 Å². The molecule has 134 valence electrons. The van der Waals surface area contributed by atoms with Gasteiger partial charge in [0.2, 0.25) is 15.9 Å². The van der Waals surface area contributed by atoms with Crippen molar-refractivity contribution in [1.82, 2.24) is 4.31 Å². The highest BCUT2D eigenvalue weighted by Gasteiger charge is 2.23. The zero-order chi connectivity index (χ0) is 18.6. The maximum absolute atomic E-state index is 12.5. The van der Waals surface area contributed by atoms with E-state index in [0.717, 1.165) is 9.87 Å². The Morgan fingerprint density at radius 2 is 1.84 bits per heavy atom. The third-order valence-corrected chi connectivity index (χ3v) is 5.59. The summed E-state index contributed by atoms with van der Waals surface area (Å²) in [6, 6.07) is 11.1. The molecule has 0 heterocycles. The van der Waals surface area contributed by atoms with E-state index >= 15 is 0 Å². The van der Waals surface area contributed by atoms with Gasteiger partial charge in [-0.1, -0.05) is 17.7 Å². The predicted molar refractivity (Wildman–Crippen MR) is 97.6 cm³/mol. The summed E-state index contributed by atoms with van der Waals surface area (Å²) in [6.07, 6.45) is 0. The number of rotatable bonds is 6. The van der Waals surface area contributed by atoms with E-state index in [1.54, 1.807) is 12.1 Å². The highest BCUT2D eigenvalue weighted by molar-refractivity contribution is 7.89. The third-order valence-electron chi connectivity index (χ3n) is 3.52. The molecule has 0 unspecified atom stereocenters. The number of methoxy groups -OCH3 is 1. The first-order valence-electron chi connectivity index (χ1n) is 7.40. The molecule has 6 nitrogen and oxygen atoms in total. The van der Waals surface area contributed by atoms with Crippen molar-refractivity contribution < 1.29 is 17.9 Å². The molecule has 1 N–H and O–H groups in total. The Bertz CT molecular complexity index is 867. The van der Waals surface area contributed by atoms with Crippen LogP contribution in [0.15, 0.2) is 47.4 Å². The van der Waals surface area contributed by atoms with Crippen LogP contribution < -0.4 is 10.1 Å². The summed E-state index contributed by atoms with van der Waals surface area (Å²) in [5, 5.41) is 3.11. The van der Waals surface area contributed by atoms with Crippen molar-refractivity contribution in [2.24, 2.45) is 0 Å². The van der Waals surface area contributed by atoms with Crippen LogP contribution in [0.25, 0.3) is 0 Å². The fourth-order valence-electron chi connectivity index (χ4n) is 2.18. The van der Waals surface area contributed by atoms with Gasteiger partial charge in [0, 0.05) is 12.1 Å². The number of carbonyl (C=O) groups excluding carboxylic acids is 1. The summed E-state index contributed by atoms with van der Waals surface area (Å²) in [7, 11) is -0.943. The Labute approximate surface area is 152 Å². The van der Waals surface area contributed by atoms with E-state index in [2.05, 4.69) is 5.32 Å². The Hall–Kier alpha value is -2.09. The van der Waals surface area contributed by atoms with Crippen molar-refractivity contribution in [2.45, 2.75) is 11.8 Å². The summed E-state index contributed by atoms with van der Waals surface area (Å²) in [4.78, 5) is 12.3. The first-order valence-corrected chi connectivity index (χ1v) is 9.22. The first-order chi connectivity index (χ1) is 11.7. The number of anilines is 1. The largest absolute Gasteiger partial charge is 0.495 e. The number of carbonyl (C=O) groups is 1. The molecule has 8 heteroatoms. The van der Waals surface area contributed by atoms with Crippen LogP contribution in [0.5, 0.6) is 5.75 Å². The lowest BCUT2D eigenvalue weighted by Gasteiger charge is -2.17. The van der Waals surface area contributed by atoms with Gasteiger partial charge in [-0.15, -0.1) is 0 Å². The minimum atomic E-state index is -3.78. The maximum atomic E-state index is 12.5. The SMILES string of the molecule is COc1ccc(C)cc1NC(=O)CN(C)S(=O)(=O)c1ccc(Cl)cc1. The maximum Gasteiger partial charge on any atom is 0.243 e. The van der Waals surface area contributed by atoms with Gasteiger partial charge >= 0.3 is 0 Å². The van der Waals surface area contributed by atoms with Gasteiger partial charge in [0.05, 0.1) is 24.2 Å². The first kappa shape index (κ1) is 19.2. The van der Waals surface area contributed by atoms with Crippen LogP contribution in [-0.2, 0) is 14.8 Å². The van der Waals surface area contributed by atoms with Crippen molar-refractivity contribution in [2.75, 3.05) is 26.0 Å². The number of benzene rings is 2. The van der Waals surface area contributed by atoms with E-state index in [4.69, 9.17) is 16.3 Å². The van der Waals surface area contributed by atoms with Crippen LogP contribution in [0.4, 0.5) is 5.69 Å². The molecule has 0 atom stereocenters. The molecule has 0 bridgehead atoms. The molecule has 0 aliphatic heterocycles. The quantitative estimate of drug-likeness (QED) is 0.833. The van der Waals surface area contributed by atoms with E-state index < -0.39 is 15.9 Å². The summed E-state index contributed by atoms with van der Waals surface area (Å²) < 4.78 is 31.1. The number of amides is 1. The van der Waals surface area contributed by atoms with Crippen LogP contribution in [0, 0.1) is 6.92 Å². The van der Waals surface area contributed by atoms with Gasteiger partial charge in [0.15, 0.2) is 0 Å². The molecule has 0 fully saturated rings. The smallest absolute Gasteiger partial charge is 0.243 e. The second-order valence-corrected chi connectivity index (χ2v) is 7.95. The molecule has 1 amide bonds. The zero-order valence-electron chi connectivity index (χ0n) is 14.1. The lowest BCUT2D eigenvalue weighted by molar-refractivity contribution is -0.116. The molecule has 0 aliphatic carbocycles. The Morgan fingerprint density at radius 1 is 1.20 bits per heavy atom. The molecule has 0 spiro atoms. The summed E-state index contributed by atoms with van der Waals surface area (Å²) in [5.74, 6) is 0.0334. The number of nitrogens with one attached hydrogen (secondary N) is 1. The fraction of sp³-hybridized carbons (Fsp3) is 0.235. The number of aryl methyl sites for hydroxylation is 1. The van der Waals surface area contributed by atoms with Gasteiger partial charge in [0.25, 0.3) is 0 Å². The average Bonchev–Trinajstić information content (AvgIpc) is 2.55. The van der Waals surface area contributed by atoms with Gasteiger partial charge < -0.3 is 10.1 Å². The average molecular weight is 383 g/mol. The van der Waals surface area contributed by atoms with Crippen molar-refractivity contribution in [1.29, 1.82) is 0 Å². The zero-order valence-corrected chi connectivity index (χ0v) is 15.7. The summed E-state index contributed by atoms with van der Waals surface area (Å²) in [5.41, 5.74) is 1.43. The monoisotopic (exact) mass is 382 g/mol. The van der Waals surface area contributed by atoms with E-state index in [0.29, 0.717) is 16.5 Å². The molecule has 25 heavy (non-hydrogen) atoms. The highest BCUT2D eigenvalue weighted by Crippen LogP contribution is 2.25. The van der Waals surface area contributed by atoms with Crippen LogP contribution in [0.1, 0.15) is 5.56 Å². The standard InChI is InChI=1S/C17H19ClN2O4S/c1-12-4-9-16(24-3)15(10-12)19-17(21)11-20(2)25(22,23)14-7-5-13(18)6-8-14/h4-10H,11H2,1-3H3,(H,19,21). The lowest BCUT2D eigenvalue weighted by Crippen LogP contribution is -2.35. The highest BCUT2D eigenvalue weighted by atomic mass is 35.5. The topological polar surface area (TPSA) is 75.7 Å². The normalized spacial score (nSPS) is 11.4. The Kier molecular flexibility index (Phi) is 6.05. The van der Waals surface area contributed by atoms with Crippen molar-refractivity contribution in [3.05, 3.63) is 53.1 Å². The van der Waals surface area contributed by atoms with Gasteiger partial charge in [-0.05, 0) is 48.9 Å². The molecule has 0 aromatic heterocycles. The molecular weight excluding hydrogens is 364 g/mol. The van der Waals surface area contributed by atoms with Crippen LogP contribution in [0.3, 0.4) is 0 Å². The number of likely N-dealkylation sites (N-methyl/N-ethyl adjacent to an activating group) is 1.